The second kappa shape index (κ2) is 11.2. The van der Waals surface area contributed by atoms with Gasteiger partial charge in [-0.05, 0) is 25.8 Å². The number of methoxy groups -OCH3 is 1. The van der Waals surface area contributed by atoms with E-state index in [0.29, 0.717) is 12.2 Å². The van der Waals surface area contributed by atoms with Crippen LogP contribution in [0.25, 0.3) is 11.2 Å². The second-order valence-electron chi connectivity index (χ2n) is 9.70. The van der Waals surface area contributed by atoms with Crippen molar-refractivity contribution in [2.75, 3.05) is 25.2 Å². The zero-order valence-corrected chi connectivity index (χ0v) is 23.7. The first-order valence-corrected chi connectivity index (χ1v) is 15.8. The summed E-state index contributed by atoms with van der Waals surface area (Å²) in [6.45, 7) is -0.748. The standard InChI is InChI=1S/C24H31N6O8PS/c1-13(14-7-5-4-6-8-14)37-21(32)15-9-10-40-39(34,29-15)36-11-16-18(31)24(2,33)22(38-16)30-12-26-17-19(30)27-23(25)28-20(17)35-3/h4-8,12-13,15-16,18,22,31,33H,9-11H2,1-3H3,(H,29,34)(H2,25,27,28)/t13-,15?,16?,18-,22-,24-,39?/m1/s1. The molecule has 216 valence electrons. The van der Waals surface area contributed by atoms with Crippen LogP contribution >= 0.6 is 18.1 Å². The molecule has 0 saturated carbocycles. The van der Waals surface area contributed by atoms with Crippen molar-refractivity contribution < 1.29 is 38.3 Å². The van der Waals surface area contributed by atoms with Gasteiger partial charge in [-0.1, -0.05) is 41.7 Å². The lowest BCUT2D eigenvalue weighted by Crippen LogP contribution is -2.44. The molecule has 0 radical (unpaired) electrons. The number of ether oxygens (including phenoxy) is 3. The van der Waals surface area contributed by atoms with Crippen LogP contribution < -0.4 is 15.6 Å². The van der Waals surface area contributed by atoms with Crippen molar-refractivity contribution in [3.8, 4) is 5.88 Å². The molecule has 3 unspecified atom stereocenters. The zero-order valence-electron chi connectivity index (χ0n) is 22.0. The number of carbonyl (C=O) groups is 1. The van der Waals surface area contributed by atoms with Gasteiger partial charge in [0.1, 0.15) is 30.0 Å². The molecular weight excluding hydrogens is 563 g/mol. The first-order chi connectivity index (χ1) is 19.0. The number of nitrogens with two attached hydrogens (primary N) is 1. The van der Waals surface area contributed by atoms with Gasteiger partial charge >= 0.3 is 12.7 Å². The quantitative estimate of drug-likeness (QED) is 0.218. The molecule has 7 atom stereocenters. The van der Waals surface area contributed by atoms with E-state index in [9.17, 15) is 19.6 Å². The molecule has 3 aromatic rings. The summed E-state index contributed by atoms with van der Waals surface area (Å²) in [4.78, 5) is 25.2. The third kappa shape index (κ3) is 5.55. The monoisotopic (exact) mass is 594 g/mol. The molecule has 2 aliphatic heterocycles. The molecular formula is C24H31N6O8PS. The molecule has 0 amide bonds. The molecule has 40 heavy (non-hydrogen) atoms. The fourth-order valence-corrected chi connectivity index (χ4v) is 8.46. The number of fused-ring (bicyclic) bond motifs is 1. The Bertz CT molecular complexity index is 1430. The van der Waals surface area contributed by atoms with Crippen LogP contribution in [-0.4, -0.2) is 79.0 Å². The van der Waals surface area contributed by atoms with E-state index in [-0.39, 0.29) is 29.6 Å². The van der Waals surface area contributed by atoms with Crippen molar-refractivity contribution in [2.24, 2.45) is 0 Å². The van der Waals surface area contributed by atoms with E-state index >= 15 is 0 Å². The lowest BCUT2D eigenvalue weighted by molar-refractivity contribution is -0.150. The number of nitrogens with one attached hydrogen (secondary N) is 1. The van der Waals surface area contributed by atoms with Gasteiger partial charge in [0.2, 0.25) is 11.8 Å². The van der Waals surface area contributed by atoms with Crippen molar-refractivity contribution in [1.29, 1.82) is 0 Å². The van der Waals surface area contributed by atoms with Crippen LogP contribution in [0.5, 0.6) is 5.88 Å². The van der Waals surface area contributed by atoms with Crippen molar-refractivity contribution >= 4 is 41.2 Å². The summed E-state index contributed by atoms with van der Waals surface area (Å²) in [7, 11) is 1.41. The molecule has 0 aliphatic carbocycles. The molecule has 2 aliphatic rings. The summed E-state index contributed by atoms with van der Waals surface area (Å²) in [5.74, 6) is -0.0791. The normalized spacial score (nSPS) is 31.2. The zero-order chi connectivity index (χ0) is 28.7. The number of hydrogen-bond acceptors (Lipinski definition) is 13. The number of nitrogen functional groups attached to an aromatic ring is 1. The maximum Gasteiger partial charge on any atom is 0.327 e. The molecule has 0 spiro atoms. The third-order valence-corrected chi connectivity index (χ3v) is 10.9. The highest BCUT2D eigenvalue weighted by Gasteiger charge is 2.54. The lowest BCUT2D eigenvalue weighted by Gasteiger charge is -2.30. The number of anilines is 1. The smallest absolute Gasteiger partial charge is 0.327 e. The van der Waals surface area contributed by atoms with Crippen LogP contribution in [-0.2, 0) is 23.4 Å². The van der Waals surface area contributed by atoms with Crippen LogP contribution in [0.15, 0.2) is 36.7 Å². The molecule has 2 fully saturated rings. The molecule has 5 N–H and O–H groups in total. The molecule has 1 aromatic carbocycles. The van der Waals surface area contributed by atoms with Crippen LogP contribution in [0.2, 0.25) is 0 Å². The van der Waals surface area contributed by atoms with Crippen LogP contribution in [0.3, 0.4) is 0 Å². The minimum absolute atomic E-state index is 0.0751. The van der Waals surface area contributed by atoms with Gasteiger partial charge in [0.15, 0.2) is 17.4 Å². The summed E-state index contributed by atoms with van der Waals surface area (Å²) in [6.07, 6.45) is -2.35. The Kier molecular flexibility index (Phi) is 8.08. The number of hydrogen-bond donors (Lipinski definition) is 4. The SMILES string of the molecule is COc1nc(N)nc2c1ncn2[C@@H]1OC(COP2(=O)NC(C(=O)O[C@H](C)c3ccccc3)CCS2)[C@@H](O)[C@@]1(C)O. The number of benzene rings is 1. The van der Waals surface area contributed by atoms with Crippen molar-refractivity contribution in [1.82, 2.24) is 24.6 Å². The molecule has 5 rings (SSSR count). The maximum absolute atomic E-state index is 13.5. The second-order valence-corrected chi connectivity index (χ2v) is 14.1. The number of imidazole rings is 1. The maximum atomic E-state index is 13.5. The van der Waals surface area contributed by atoms with Crippen LogP contribution in [0.1, 0.15) is 38.2 Å². The molecule has 0 bridgehead atoms. The van der Waals surface area contributed by atoms with Crippen molar-refractivity contribution in [2.45, 2.75) is 56.5 Å². The summed E-state index contributed by atoms with van der Waals surface area (Å²) in [6, 6.07) is 8.46. The average molecular weight is 595 g/mol. The van der Waals surface area contributed by atoms with E-state index in [4.69, 9.17) is 24.5 Å². The summed E-state index contributed by atoms with van der Waals surface area (Å²) >= 11 is 1.05. The van der Waals surface area contributed by atoms with E-state index in [0.717, 1.165) is 16.9 Å². The van der Waals surface area contributed by atoms with Gasteiger partial charge in [-0.15, -0.1) is 0 Å². The Hall–Kier alpha value is -2.78. The van der Waals surface area contributed by atoms with Gasteiger partial charge in [-0.3, -0.25) is 13.9 Å². The fourth-order valence-electron chi connectivity index (χ4n) is 4.65. The van der Waals surface area contributed by atoms with E-state index < -0.39 is 48.9 Å². The van der Waals surface area contributed by atoms with E-state index in [1.807, 2.05) is 30.3 Å². The molecule has 4 heterocycles. The van der Waals surface area contributed by atoms with Crippen LogP contribution in [0.4, 0.5) is 5.95 Å². The summed E-state index contributed by atoms with van der Waals surface area (Å²) < 4.78 is 37.4. The Labute approximate surface area is 233 Å². The minimum Gasteiger partial charge on any atom is -0.479 e. The molecule has 14 nitrogen and oxygen atoms in total. The third-order valence-electron chi connectivity index (χ3n) is 6.84. The topological polar surface area (TPSA) is 193 Å². The van der Waals surface area contributed by atoms with Gasteiger partial charge in [0.05, 0.1) is 20.0 Å². The predicted octanol–water partition coefficient (Wildman–Crippen LogP) is 1.95. The van der Waals surface area contributed by atoms with E-state index in [1.165, 1.54) is 24.9 Å². The Morgan fingerprint density at radius 3 is 2.85 bits per heavy atom. The van der Waals surface area contributed by atoms with Crippen molar-refractivity contribution in [3.63, 3.8) is 0 Å². The largest absolute Gasteiger partial charge is 0.479 e. The van der Waals surface area contributed by atoms with E-state index in [1.54, 1.807) is 6.92 Å². The number of aromatic nitrogens is 4. The first-order valence-electron chi connectivity index (χ1n) is 12.5. The number of aliphatic hydroxyl groups excluding tert-OH is 1. The van der Waals surface area contributed by atoms with E-state index in [2.05, 4.69) is 20.0 Å². The Morgan fingerprint density at radius 1 is 1.38 bits per heavy atom. The Morgan fingerprint density at radius 2 is 2.12 bits per heavy atom. The van der Waals surface area contributed by atoms with Gasteiger partial charge in [0.25, 0.3) is 0 Å². The minimum atomic E-state index is -3.58. The molecule has 2 aromatic heterocycles. The number of nitrogens with zero attached hydrogens (tertiary/aromatic N) is 4. The highest BCUT2D eigenvalue weighted by atomic mass is 32.7. The fraction of sp³-hybridized carbons (Fsp3) is 0.500. The Balaban J connectivity index is 1.25. The average Bonchev–Trinajstić information content (AvgIpc) is 3.45. The summed E-state index contributed by atoms with van der Waals surface area (Å²) in [5, 5.41) is 24.9. The first kappa shape index (κ1) is 28.7. The molecule has 2 saturated heterocycles. The lowest BCUT2D eigenvalue weighted by atomic mass is 9.96. The number of rotatable bonds is 8. The number of aliphatic hydroxyl groups is 2. The molecule has 16 heteroatoms. The highest BCUT2D eigenvalue weighted by Crippen LogP contribution is 2.59. The highest BCUT2D eigenvalue weighted by molar-refractivity contribution is 8.56. The number of esters is 1. The van der Waals surface area contributed by atoms with Gasteiger partial charge in [0, 0.05) is 5.75 Å². The summed E-state index contributed by atoms with van der Waals surface area (Å²) in [5.41, 5.74) is 5.34. The number of carbonyl (C=O) groups excluding carboxylic acids is 1. The van der Waals surface area contributed by atoms with Crippen molar-refractivity contribution in [3.05, 3.63) is 42.2 Å². The van der Waals surface area contributed by atoms with Gasteiger partial charge < -0.3 is 34.7 Å². The van der Waals surface area contributed by atoms with Crippen LogP contribution in [0, 0.1) is 0 Å². The van der Waals surface area contributed by atoms with Gasteiger partial charge in [-0.25, -0.2) is 10.1 Å². The predicted molar refractivity (Wildman–Crippen MR) is 145 cm³/mol. The van der Waals surface area contributed by atoms with Gasteiger partial charge in [-0.2, -0.15) is 9.97 Å².